The highest BCUT2D eigenvalue weighted by atomic mass is 16.4. The summed E-state index contributed by atoms with van der Waals surface area (Å²) in [6.45, 7) is 1.73. The van der Waals surface area contributed by atoms with Crippen molar-refractivity contribution in [3.05, 3.63) is 35.9 Å². The second-order valence-corrected chi connectivity index (χ2v) is 3.29. The molecule has 16 heavy (non-hydrogen) atoms. The lowest BCUT2D eigenvalue weighted by molar-refractivity contribution is 0.0694. The van der Waals surface area contributed by atoms with Crippen LogP contribution < -0.4 is 0 Å². The molecule has 0 unspecified atom stereocenters. The number of aromatic hydroxyl groups is 1. The van der Waals surface area contributed by atoms with E-state index < -0.39 is 5.97 Å². The number of benzene rings is 1. The molecule has 0 amide bonds. The number of aryl methyl sites for hydroxylation is 1. The van der Waals surface area contributed by atoms with Crippen LogP contribution in [-0.2, 0) is 0 Å². The quantitative estimate of drug-likeness (QED) is 0.807. The molecule has 0 aliphatic rings. The van der Waals surface area contributed by atoms with Crippen LogP contribution in [0.25, 0.3) is 11.3 Å². The Bertz CT molecular complexity index is 545. The van der Waals surface area contributed by atoms with Gasteiger partial charge in [-0.3, -0.25) is 0 Å². The maximum Gasteiger partial charge on any atom is 0.339 e. The van der Waals surface area contributed by atoms with Gasteiger partial charge in [-0.05, 0) is 25.1 Å². The van der Waals surface area contributed by atoms with Crippen LogP contribution in [0.2, 0.25) is 0 Å². The highest BCUT2D eigenvalue weighted by Crippen LogP contribution is 2.26. The van der Waals surface area contributed by atoms with Crippen LogP contribution in [0.3, 0.4) is 0 Å². The number of carbonyl (C=O) groups is 1. The van der Waals surface area contributed by atoms with Crippen molar-refractivity contribution in [3.8, 4) is 17.0 Å². The molecule has 1 aromatic heterocycles. The van der Waals surface area contributed by atoms with E-state index in [-0.39, 0.29) is 11.3 Å². The fourth-order valence-corrected chi connectivity index (χ4v) is 1.44. The van der Waals surface area contributed by atoms with Crippen molar-refractivity contribution in [2.24, 2.45) is 0 Å². The van der Waals surface area contributed by atoms with Gasteiger partial charge in [-0.1, -0.05) is 0 Å². The third-order valence-corrected chi connectivity index (χ3v) is 2.25. The molecule has 5 heteroatoms. The van der Waals surface area contributed by atoms with Crippen LogP contribution in [0.1, 0.15) is 16.1 Å². The third kappa shape index (κ3) is 1.63. The summed E-state index contributed by atoms with van der Waals surface area (Å²) >= 11 is 0. The van der Waals surface area contributed by atoms with Crippen molar-refractivity contribution in [2.75, 3.05) is 0 Å². The largest absolute Gasteiger partial charge is 0.507 e. The van der Waals surface area contributed by atoms with E-state index in [1.54, 1.807) is 13.0 Å². The van der Waals surface area contributed by atoms with Crippen molar-refractivity contribution in [2.45, 2.75) is 6.92 Å². The lowest BCUT2D eigenvalue weighted by Crippen LogP contribution is -1.97. The molecule has 2 N–H and O–H groups in total. The monoisotopic (exact) mass is 219 g/mol. The maximum absolute atomic E-state index is 10.8. The van der Waals surface area contributed by atoms with Gasteiger partial charge in [-0.2, -0.15) is 0 Å². The molecule has 1 aromatic carbocycles. The van der Waals surface area contributed by atoms with Gasteiger partial charge in [0.15, 0.2) is 6.39 Å². The van der Waals surface area contributed by atoms with E-state index in [0.717, 1.165) is 0 Å². The molecule has 0 saturated carbocycles. The molecule has 0 radical (unpaired) electrons. The summed E-state index contributed by atoms with van der Waals surface area (Å²) < 4.78 is 5.03. The Labute approximate surface area is 91.0 Å². The minimum Gasteiger partial charge on any atom is -0.507 e. The van der Waals surface area contributed by atoms with E-state index >= 15 is 0 Å². The summed E-state index contributed by atoms with van der Waals surface area (Å²) in [7, 11) is 0. The van der Waals surface area contributed by atoms with E-state index in [2.05, 4.69) is 4.98 Å². The molecule has 0 bridgehead atoms. The first kappa shape index (κ1) is 10.2. The second kappa shape index (κ2) is 3.69. The predicted molar refractivity (Wildman–Crippen MR) is 55.3 cm³/mol. The first-order valence-electron chi connectivity index (χ1n) is 4.56. The Morgan fingerprint density at radius 2 is 2.19 bits per heavy atom. The molecule has 0 fully saturated rings. The number of oxazole rings is 1. The van der Waals surface area contributed by atoms with Gasteiger partial charge in [0.05, 0.1) is 0 Å². The number of carboxylic acid groups (broad SMARTS) is 1. The summed E-state index contributed by atoms with van der Waals surface area (Å²) in [5, 5.41) is 18.2. The summed E-state index contributed by atoms with van der Waals surface area (Å²) in [6.07, 6.45) is 1.29. The molecular weight excluding hydrogens is 210 g/mol. The summed E-state index contributed by atoms with van der Waals surface area (Å²) in [4.78, 5) is 14.8. The van der Waals surface area contributed by atoms with Crippen molar-refractivity contribution in [1.29, 1.82) is 0 Å². The van der Waals surface area contributed by atoms with Crippen LogP contribution in [0, 0.1) is 6.92 Å². The fraction of sp³-hybridized carbons (Fsp3) is 0.0909. The number of nitrogens with zero attached hydrogens (tertiary/aromatic N) is 1. The van der Waals surface area contributed by atoms with Gasteiger partial charge in [-0.15, -0.1) is 0 Å². The van der Waals surface area contributed by atoms with E-state index in [9.17, 15) is 9.90 Å². The van der Waals surface area contributed by atoms with E-state index in [1.807, 2.05) is 0 Å². The third-order valence-electron chi connectivity index (χ3n) is 2.25. The van der Waals surface area contributed by atoms with Gasteiger partial charge in [0.25, 0.3) is 0 Å². The van der Waals surface area contributed by atoms with Gasteiger partial charge in [0, 0.05) is 5.56 Å². The smallest absolute Gasteiger partial charge is 0.339 e. The number of aromatic nitrogens is 1. The molecule has 5 nitrogen and oxygen atoms in total. The number of rotatable bonds is 2. The summed E-state index contributed by atoms with van der Waals surface area (Å²) in [5.41, 5.74) is 1.02. The molecule has 0 aliphatic carbocycles. The second-order valence-electron chi connectivity index (χ2n) is 3.29. The Balaban J connectivity index is 2.56. The summed E-state index contributed by atoms with van der Waals surface area (Å²) in [6, 6.07) is 4.28. The number of hydrogen-bond acceptors (Lipinski definition) is 4. The van der Waals surface area contributed by atoms with E-state index in [4.69, 9.17) is 9.52 Å². The topological polar surface area (TPSA) is 83.6 Å². The molecule has 0 spiro atoms. The van der Waals surface area contributed by atoms with E-state index in [0.29, 0.717) is 17.0 Å². The average Bonchev–Trinajstić information content (AvgIpc) is 2.65. The first-order valence-corrected chi connectivity index (χ1v) is 4.56. The lowest BCUT2D eigenvalue weighted by atomic mass is 10.1. The summed E-state index contributed by atoms with van der Waals surface area (Å²) in [5.74, 6) is -0.847. The van der Waals surface area contributed by atoms with Crippen LogP contribution in [-0.4, -0.2) is 21.2 Å². The minimum atomic E-state index is -1.18. The molecular formula is C11H9NO4. The zero-order chi connectivity index (χ0) is 11.7. The molecule has 2 rings (SSSR count). The van der Waals surface area contributed by atoms with Gasteiger partial charge < -0.3 is 14.6 Å². The van der Waals surface area contributed by atoms with Gasteiger partial charge in [-0.25, -0.2) is 9.78 Å². The van der Waals surface area contributed by atoms with Gasteiger partial charge in [0.1, 0.15) is 22.8 Å². The molecule has 82 valence electrons. The number of phenols is 1. The van der Waals surface area contributed by atoms with Crippen LogP contribution >= 0.6 is 0 Å². The standard InChI is InChI=1S/C11H9NO4/c1-6-10(12-5-16-6)7-2-3-9(13)8(4-7)11(14)15/h2-5,13H,1H3,(H,14,15). The Hall–Kier alpha value is -2.30. The SMILES string of the molecule is Cc1ocnc1-c1ccc(O)c(C(=O)O)c1. The average molecular weight is 219 g/mol. The number of aromatic carboxylic acids is 1. The predicted octanol–water partition coefficient (Wildman–Crippen LogP) is 2.05. The van der Waals surface area contributed by atoms with Gasteiger partial charge >= 0.3 is 5.97 Å². The van der Waals surface area contributed by atoms with Crippen molar-refractivity contribution < 1.29 is 19.4 Å². The highest BCUT2D eigenvalue weighted by molar-refractivity contribution is 5.92. The maximum atomic E-state index is 10.8. The number of hydrogen-bond donors (Lipinski definition) is 2. The van der Waals surface area contributed by atoms with Crippen LogP contribution in [0.15, 0.2) is 29.0 Å². The van der Waals surface area contributed by atoms with Crippen molar-refractivity contribution in [3.63, 3.8) is 0 Å². The van der Waals surface area contributed by atoms with Gasteiger partial charge in [0.2, 0.25) is 0 Å². The zero-order valence-corrected chi connectivity index (χ0v) is 8.47. The van der Waals surface area contributed by atoms with Crippen molar-refractivity contribution in [1.82, 2.24) is 4.98 Å². The highest BCUT2D eigenvalue weighted by Gasteiger charge is 2.13. The molecule has 0 aliphatic heterocycles. The molecule has 0 saturated heterocycles. The Kier molecular flexibility index (Phi) is 2.36. The Morgan fingerprint density at radius 1 is 1.44 bits per heavy atom. The first-order chi connectivity index (χ1) is 7.59. The zero-order valence-electron chi connectivity index (χ0n) is 8.47. The van der Waals surface area contributed by atoms with Crippen molar-refractivity contribution >= 4 is 5.97 Å². The van der Waals surface area contributed by atoms with Crippen LogP contribution in [0.5, 0.6) is 5.75 Å². The molecule has 0 atom stereocenters. The van der Waals surface area contributed by atoms with Crippen LogP contribution in [0.4, 0.5) is 0 Å². The number of carboxylic acids is 1. The normalized spacial score (nSPS) is 10.3. The fourth-order valence-electron chi connectivity index (χ4n) is 1.44. The van der Waals surface area contributed by atoms with E-state index in [1.165, 1.54) is 18.5 Å². The molecule has 2 aromatic rings. The molecule has 1 heterocycles. The Morgan fingerprint density at radius 3 is 2.75 bits per heavy atom. The minimum absolute atomic E-state index is 0.153. The lowest BCUT2D eigenvalue weighted by Gasteiger charge is -2.02.